The number of phenols is 1. The van der Waals surface area contributed by atoms with Gasteiger partial charge in [0.05, 0.1) is 16.8 Å². The second-order valence-corrected chi connectivity index (χ2v) is 8.24. The Morgan fingerprint density at radius 1 is 1.39 bits per heavy atom. The number of benzene rings is 1. The van der Waals surface area contributed by atoms with Crippen LogP contribution in [0.1, 0.15) is 51.5 Å². The lowest BCUT2D eigenvalue weighted by atomic mass is 9.77. The Kier molecular flexibility index (Phi) is 9.11. The van der Waals surface area contributed by atoms with Gasteiger partial charge in [0.15, 0.2) is 11.5 Å². The van der Waals surface area contributed by atoms with E-state index in [-0.39, 0.29) is 11.9 Å². The van der Waals surface area contributed by atoms with Crippen LogP contribution < -0.4 is 4.74 Å². The molecule has 1 unspecified atom stereocenters. The molecule has 1 aliphatic rings. The molecule has 6 heteroatoms. The number of rotatable bonds is 9. The van der Waals surface area contributed by atoms with Crippen LogP contribution in [0.5, 0.6) is 11.5 Å². The van der Waals surface area contributed by atoms with Crippen molar-refractivity contribution in [2.75, 3.05) is 7.11 Å². The molecule has 0 bridgehead atoms. The van der Waals surface area contributed by atoms with E-state index in [1.807, 2.05) is 12.1 Å². The fourth-order valence-electron chi connectivity index (χ4n) is 3.46. The standard InChI is InChI=1S/C22H30BIO4/c1-5-7-15(3)18-10-11-23(26)28-20(18)9-8-16(6-2)12-17-13-19(24)22(25)21(14-17)27-4/h10,12-14,20,25-26H,3,5-9,11H2,1-2,4H3/b16-12+. The summed E-state index contributed by atoms with van der Waals surface area (Å²) in [5.74, 6) is 0.653. The van der Waals surface area contributed by atoms with Crippen molar-refractivity contribution >= 4 is 35.8 Å². The number of ether oxygens (including phenoxy) is 1. The van der Waals surface area contributed by atoms with Crippen LogP contribution in [0.4, 0.5) is 0 Å². The average Bonchev–Trinajstić information content (AvgIpc) is 2.67. The third-order valence-electron chi connectivity index (χ3n) is 4.99. The second kappa shape index (κ2) is 11.1. The highest BCUT2D eigenvalue weighted by atomic mass is 127. The monoisotopic (exact) mass is 496 g/mol. The fourth-order valence-corrected chi connectivity index (χ4v) is 4.08. The fraction of sp³-hybridized carbons (Fsp3) is 0.455. The van der Waals surface area contributed by atoms with Crippen LogP contribution in [0.3, 0.4) is 0 Å². The highest BCUT2D eigenvalue weighted by Gasteiger charge is 2.27. The molecular weight excluding hydrogens is 466 g/mol. The molecule has 0 aliphatic carbocycles. The predicted octanol–water partition coefficient (Wildman–Crippen LogP) is 5.74. The summed E-state index contributed by atoms with van der Waals surface area (Å²) in [5.41, 5.74) is 4.54. The maximum absolute atomic E-state index is 10.0. The van der Waals surface area contributed by atoms with Crippen LogP contribution in [0.25, 0.3) is 6.08 Å². The summed E-state index contributed by atoms with van der Waals surface area (Å²) in [6, 6.07) is 3.80. The smallest absolute Gasteiger partial charge is 0.458 e. The van der Waals surface area contributed by atoms with Crippen molar-refractivity contribution in [1.29, 1.82) is 0 Å². The van der Waals surface area contributed by atoms with Crippen molar-refractivity contribution in [3.8, 4) is 11.5 Å². The van der Waals surface area contributed by atoms with Crippen LogP contribution in [0.15, 0.2) is 41.5 Å². The van der Waals surface area contributed by atoms with E-state index >= 15 is 0 Å². The van der Waals surface area contributed by atoms with Gasteiger partial charge in [-0.15, -0.1) is 0 Å². The van der Waals surface area contributed by atoms with Gasteiger partial charge >= 0.3 is 7.12 Å². The van der Waals surface area contributed by atoms with Gasteiger partial charge in [0.2, 0.25) is 0 Å². The third kappa shape index (κ3) is 6.13. The van der Waals surface area contributed by atoms with E-state index < -0.39 is 7.12 Å². The molecule has 1 heterocycles. The Labute approximate surface area is 182 Å². The van der Waals surface area contributed by atoms with Crippen molar-refractivity contribution in [2.24, 2.45) is 0 Å². The van der Waals surface area contributed by atoms with Gasteiger partial charge in [-0.25, -0.2) is 0 Å². The molecule has 1 aromatic rings. The van der Waals surface area contributed by atoms with E-state index in [1.165, 1.54) is 5.57 Å². The topological polar surface area (TPSA) is 58.9 Å². The van der Waals surface area contributed by atoms with Gasteiger partial charge < -0.3 is 19.5 Å². The summed E-state index contributed by atoms with van der Waals surface area (Å²) in [6.07, 6.45) is 9.22. The minimum absolute atomic E-state index is 0.118. The Morgan fingerprint density at radius 3 is 2.79 bits per heavy atom. The van der Waals surface area contributed by atoms with E-state index in [9.17, 15) is 10.1 Å². The maximum Gasteiger partial charge on any atom is 0.458 e. The van der Waals surface area contributed by atoms with Crippen molar-refractivity contribution in [3.63, 3.8) is 0 Å². The summed E-state index contributed by atoms with van der Waals surface area (Å²) in [4.78, 5) is 0. The second-order valence-electron chi connectivity index (χ2n) is 7.08. The summed E-state index contributed by atoms with van der Waals surface area (Å²) in [5, 5.41) is 20.0. The van der Waals surface area contributed by atoms with E-state index in [4.69, 9.17) is 9.39 Å². The lowest BCUT2D eigenvalue weighted by Crippen LogP contribution is -2.31. The number of hydrogen-bond donors (Lipinski definition) is 2. The molecule has 0 spiro atoms. The molecule has 0 amide bonds. The molecule has 4 nitrogen and oxygen atoms in total. The Balaban J connectivity index is 2.15. The van der Waals surface area contributed by atoms with Crippen molar-refractivity contribution in [1.82, 2.24) is 0 Å². The van der Waals surface area contributed by atoms with E-state index in [0.29, 0.717) is 12.1 Å². The zero-order valence-electron chi connectivity index (χ0n) is 17.0. The normalized spacial score (nSPS) is 17.5. The number of methoxy groups -OCH3 is 1. The Hall–Kier alpha value is -1.25. The lowest BCUT2D eigenvalue weighted by molar-refractivity contribution is 0.182. The zero-order chi connectivity index (χ0) is 20.7. The minimum Gasteiger partial charge on any atom is -0.504 e. The zero-order valence-corrected chi connectivity index (χ0v) is 19.2. The first kappa shape index (κ1) is 23.0. The van der Waals surface area contributed by atoms with E-state index in [1.54, 1.807) is 7.11 Å². The molecule has 2 N–H and O–H groups in total. The molecule has 28 heavy (non-hydrogen) atoms. The molecule has 0 radical (unpaired) electrons. The van der Waals surface area contributed by atoms with Crippen molar-refractivity contribution in [3.05, 3.63) is 50.6 Å². The highest BCUT2D eigenvalue weighted by molar-refractivity contribution is 14.1. The number of allylic oxidation sites excluding steroid dienone is 2. The van der Waals surface area contributed by atoms with Crippen LogP contribution >= 0.6 is 22.6 Å². The van der Waals surface area contributed by atoms with Crippen molar-refractivity contribution < 1.29 is 19.5 Å². The number of aromatic hydroxyl groups is 1. The van der Waals surface area contributed by atoms with Crippen LogP contribution in [0, 0.1) is 3.57 Å². The molecule has 1 aliphatic heterocycles. The summed E-state index contributed by atoms with van der Waals surface area (Å²) < 4.78 is 11.9. The molecule has 0 saturated heterocycles. The molecule has 0 fully saturated rings. The molecule has 0 saturated carbocycles. The first-order valence-electron chi connectivity index (χ1n) is 9.87. The van der Waals surface area contributed by atoms with Crippen LogP contribution in [-0.4, -0.2) is 30.5 Å². The molecule has 1 atom stereocenters. The third-order valence-corrected chi connectivity index (χ3v) is 5.81. The van der Waals surface area contributed by atoms with E-state index in [2.05, 4.69) is 55.2 Å². The van der Waals surface area contributed by atoms with Gasteiger partial charge in [-0.3, -0.25) is 0 Å². The average molecular weight is 496 g/mol. The minimum atomic E-state index is -0.736. The number of halogens is 1. The molecule has 0 aromatic heterocycles. The van der Waals surface area contributed by atoms with Crippen LogP contribution in [0.2, 0.25) is 6.32 Å². The largest absolute Gasteiger partial charge is 0.504 e. The summed E-state index contributed by atoms with van der Waals surface area (Å²) in [6.45, 7) is 8.49. The SMILES string of the molecule is C=C(CCC)C1=CCB(O)OC1CC/C(=C/c1cc(I)c(O)c(OC)c1)CC. The number of phenolic OH excluding ortho intramolecular Hbond substituents is 1. The van der Waals surface area contributed by atoms with Crippen LogP contribution in [-0.2, 0) is 4.65 Å². The Bertz CT molecular complexity index is 757. The Morgan fingerprint density at radius 2 is 2.14 bits per heavy atom. The highest BCUT2D eigenvalue weighted by Crippen LogP contribution is 2.34. The quantitative estimate of drug-likeness (QED) is 0.338. The van der Waals surface area contributed by atoms with Gasteiger partial charge in [-0.05, 0) is 77.1 Å². The van der Waals surface area contributed by atoms with Gasteiger partial charge in [0.25, 0.3) is 0 Å². The van der Waals surface area contributed by atoms with E-state index in [0.717, 1.165) is 52.4 Å². The molecule has 152 valence electrons. The lowest BCUT2D eigenvalue weighted by Gasteiger charge is -2.28. The van der Waals surface area contributed by atoms with Gasteiger partial charge in [-0.1, -0.05) is 44.6 Å². The first-order valence-corrected chi connectivity index (χ1v) is 10.9. The molecule has 1 aromatic carbocycles. The van der Waals surface area contributed by atoms with Gasteiger partial charge in [0.1, 0.15) is 0 Å². The number of hydrogen-bond acceptors (Lipinski definition) is 4. The molecular formula is C22H30BIO4. The first-order chi connectivity index (χ1) is 13.4. The van der Waals surface area contributed by atoms with Gasteiger partial charge in [-0.2, -0.15) is 0 Å². The van der Waals surface area contributed by atoms with Crippen molar-refractivity contribution in [2.45, 2.75) is 58.4 Å². The maximum atomic E-state index is 10.0. The predicted molar refractivity (Wildman–Crippen MR) is 125 cm³/mol. The summed E-state index contributed by atoms with van der Waals surface area (Å²) >= 11 is 2.11. The van der Waals surface area contributed by atoms with Gasteiger partial charge in [0, 0.05) is 6.32 Å². The summed E-state index contributed by atoms with van der Waals surface area (Å²) in [7, 11) is 0.822. The molecule has 2 rings (SSSR count).